The van der Waals surface area contributed by atoms with Crippen LogP contribution in [0.2, 0.25) is 0 Å². The van der Waals surface area contributed by atoms with Gasteiger partial charge in [0.15, 0.2) is 0 Å². The predicted octanol–water partition coefficient (Wildman–Crippen LogP) is 2.22. The highest BCUT2D eigenvalue weighted by molar-refractivity contribution is 7.88. The molecular weight excluding hydrogens is 433 g/mol. The second-order valence-corrected chi connectivity index (χ2v) is 10.8. The van der Waals surface area contributed by atoms with E-state index in [-0.39, 0.29) is 32.1 Å². The number of hydrogen-bond acceptors (Lipinski definition) is 6. The quantitative estimate of drug-likeness (QED) is 0.698. The second-order valence-electron chi connectivity index (χ2n) is 8.80. The molecule has 2 aliphatic rings. The average Bonchev–Trinajstić information content (AvgIpc) is 2.78. The molecule has 2 aliphatic heterocycles. The van der Waals surface area contributed by atoms with Crippen LogP contribution in [-0.2, 0) is 10.0 Å². The third-order valence-corrected chi connectivity index (χ3v) is 7.78. The van der Waals surface area contributed by atoms with Gasteiger partial charge in [-0.05, 0) is 38.0 Å². The van der Waals surface area contributed by atoms with Gasteiger partial charge in [-0.1, -0.05) is 0 Å². The van der Waals surface area contributed by atoms with E-state index in [0.29, 0.717) is 48.1 Å². The van der Waals surface area contributed by atoms with Crippen LogP contribution < -0.4 is 4.90 Å². The van der Waals surface area contributed by atoms with Gasteiger partial charge < -0.3 is 9.80 Å². The van der Waals surface area contributed by atoms with E-state index in [1.807, 2.05) is 11.8 Å². The van der Waals surface area contributed by atoms with Crippen LogP contribution in [-0.4, -0.2) is 74.0 Å². The lowest BCUT2D eigenvalue weighted by Crippen LogP contribution is -2.50. The third-order valence-electron chi connectivity index (χ3n) is 6.48. The average molecular weight is 460 g/mol. The number of fused-ring (bicyclic) bond motifs is 1. The van der Waals surface area contributed by atoms with E-state index >= 15 is 0 Å². The molecule has 10 heteroatoms. The van der Waals surface area contributed by atoms with Crippen molar-refractivity contribution in [1.82, 2.24) is 14.2 Å². The highest BCUT2D eigenvalue weighted by Gasteiger charge is 2.34. The number of sulfonamides is 1. The highest BCUT2D eigenvalue weighted by Crippen LogP contribution is 2.37. The number of piperidine rings is 1. The van der Waals surface area contributed by atoms with Crippen LogP contribution in [0.4, 0.5) is 10.1 Å². The van der Waals surface area contributed by atoms with Crippen molar-refractivity contribution in [1.29, 1.82) is 5.26 Å². The molecule has 0 saturated carbocycles. The fourth-order valence-corrected chi connectivity index (χ4v) is 5.20. The maximum atomic E-state index is 14.2. The van der Waals surface area contributed by atoms with Crippen molar-refractivity contribution in [3.05, 3.63) is 35.8 Å². The van der Waals surface area contributed by atoms with Crippen molar-refractivity contribution >= 4 is 32.5 Å². The Balaban J connectivity index is 1.70. The van der Waals surface area contributed by atoms with E-state index in [2.05, 4.69) is 11.1 Å². The minimum absolute atomic E-state index is 0.236. The lowest BCUT2D eigenvalue weighted by molar-refractivity contribution is 0.0698. The Kier molecular flexibility index (Phi) is 5.81. The van der Waals surface area contributed by atoms with E-state index in [4.69, 9.17) is 0 Å². The Morgan fingerprint density at radius 1 is 1.16 bits per heavy atom. The smallest absolute Gasteiger partial charge is 0.257 e. The summed E-state index contributed by atoms with van der Waals surface area (Å²) in [5, 5.41) is 10.0. The Labute approximate surface area is 187 Å². The molecule has 1 amide bonds. The first-order valence-electron chi connectivity index (χ1n) is 10.6. The predicted molar refractivity (Wildman–Crippen MR) is 119 cm³/mol. The Morgan fingerprint density at radius 3 is 2.41 bits per heavy atom. The molecule has 3 heterocycles. The Bertz CT molecular complexity index is 1190. The maximum absolute atomic E-state index is 14.2. The Hall–Kier alpha value is -2.77. The minimum atomic E-state index is -3.31. The maximum Gasteiger partial charge on any atom is 0.257 e. The molecule has 0 bridgehead atoms. The fraction of sp³-hybridized carbons (Fsp3) is 0.500. The number of anilines is 1. The van der Waals surface area contributed by atoms with Gasteiger partial charge in [-0.3, -0.25) is 9.78 Å². The van der Waals surface area contributed by atoms with Crippen LogP contribution in [0.15, 0.2) is 24.4 Å². The van der Waals surface area contributed by atoms with Crippen molar-refractivity contribution in [3.8, 4) is 6.07 Å². The number of piperazine rings is 1. The lowest BCUT2D eigenvalue weighted by atomic mass is 9.81. The number of nitrogens with zero attached hydrogens (tertiary/aromatic N) is 5. The van der Waals surface area contributed by atoms with Crippen molar-refractivity contribution in [2.45, 2.75) is 19.8 Å². The number of benzene rings is 1. The summed E-state index contributed by atoms with van der Waals surface area (Å²) in [6.45, 7) is 4.10. The van der Waals surface area contributed by atoms with Gasteiger partial charge >= 0.3 is 0 Å². The number of amides is 1. The summed E-state index contributed by atoms with van der Waals surface area (Å²) < 4.78 is 39.1. The Morgan fingerprint density at radius 2 is 1.81 bits per heavy atom. The van der Waals surface area contributed by atoms with E-state index in [9.17, 15) is 22.9 Å². The van der Waals surface area contributed by atoms with Gasteiger partial charge in [-0.15, -0.1) is 0 Å². The van der Waals surface area contributed by atoms with Crippen LogP contribution in [0.5, 0.6) is 0 Å². The number of rotatable bonds is 3. The second kappa shape index (κ2) is 8.30. The van der Waals surface area contributed by atoms with Crippen LogP contribution >= 0.6 is 0 Å². The molecule has 0 aliphatic carbocycles. The lowest BCUT2D eigenvalue weighted by Gasteiger charge is -2.38. The number of aromatic nitrogens is 1. The number of halogens is 1. The number of nitriles is 1. The molecule has 4 rings (SSSR count). The van der Waals surface area contributed by atoms with Gasteiger partial charge in [0.2, 0.25) is 10.0 Å². The molecule has 32 heavy (non-hydrogen) atoms. The van der Waals surface area contributed by atoms with Gasteiger partial charge in [0.1, 0.15) is 5.82 Å². The molecule has 170 valence electrons. The molecule has 2 fully saturated rings. The SMILES string of the molecule is CC1(C#N)CCN(c2c(C(=O)N3CCN(S(C)(=O)=O)CC3)cnc3ccc(F)cc23)CC1. The minimum Gasteiger partial charge on any atom is -0.370 e. The molecule has 0 radical (unpaired) electrons. The van der Waals surface area contributed by atoms with Crippen molar-refractivity contribution in [3.63, 3.8) is 0 Å². The number of carbonyl (C=O) groups is 1. The zero-order valence-electron chi connectivity index (χ0n) is 18.2. The summed E-state index contributed by atoms with van der Waals surface area (Å²) in [7, 11) is -3.31. The summed E-state index contributed by atoms with van der Waals surface area (Å²) in [5.74, 6) is -0.661. The van der Waals surface area contributed by atoms with Crippen LogP contribution in [0.1, 0.15) is 30.1 Å². The van der Waals surface area contributed by atoms with Gasteiger partial charge in [0, 0.05) is 50.9 Å². The zero-order valence-corrected chi connectivity index (χ0v) is 19.0. The van der Waals surface area contributed by atoms with Gasteiger partial charge in [0.05, 0.1) is 34.5 Å². The standard InChI is InChI=1S/C22H26FN5O3S/c1-22(15-24)5-7-26(8-6-22)20-17-13-16(23)3-4-19(17)25-14-18(20)21(29)27-9-11-28(12-10-27)32(2,30)31/h3-4,13-14H,5-12H2,1-2H3. The van der Waals surface area contributed by atoms with Crippen molar-refractivity contribution in [2.24, 2.45) is 5.41 Å². The van der Waals surface area contributed by atoms with E-state index in [1.54, 1.807) is 11.0 Å². The van der Waals surface area contributed by atoms with Crippen molar-refractivity contribution in [2.75, 3.05) is 50.4 Å². The van der Waals surface area contributed by atoms with Gasteiger partial charge in [-0.2, -0.15) is 9.57 Å². The third kappa shape index (κ3) is 4.27. The normalized spacial score (nSPS) is 19.7. The first-order valence-corrected chi connectivity index (χ1v) is 12.4. The van der Waals surface area contributed by atoms with Crippen LogP contribution in [0.25, 0.3) is 10.9 Å². The number of hydrogen-bond donors (Lipinski definition) is 0. The number of pyridine rings is 1. The molecule has 2 saturated heterocycles. The zero-order chi connectivity index (χ0) is 23.1. The highest BCUT2D eigenvalue weighted by atomic mass is 32.2. The van der Waals surface area contributed by atoms with E-state index in [1.165, 1.54) is 22.6 Å². The molecule has 1 aromatic carbocycles. The first kappa shape index (κ1) is 22.4. The largest absolute Gasteiger partial charge is 0.370 e. The van der Waals surface area contributed by atoms with E-state index < -0.39 is 21.3 Å². The molecule has 2 aromatic rings. The molecule has 0 atom stereocenters. The molecule has 0 spiro atoms. The fourth-order valence-electron chi connectivity index (χ4n) is 4.38. The molecule has 8 nitrogen and oxygen atoms in total. The topological polar surface area (TPSA) is 97.6 Å². The summed E-state index contributed by atoms with van der Waals surface area (Å²) in [6, 6.07) is 6.71. The summed E-state index contributed by atoms with van der Waals surface area (Å²) in [6.07, 6.45) is 3.97. The van der Waals surface area contributed by atoms with Crippen molar-refractivity contribution < 1.29 is 17.6 Å². The monoisotopic (exact) mass is 459 g/mol. The molecule has 0 unspecified atom stereocenters. The molecular formula is C22H26FN5O3S. The van der Waals surface area contributed by atoms with Gasteiger partial charge in [-0.25, -0.2) is 12.8 Å². The number of carbonyl (C=O) groups excluding carboxylic acids is 1. The van der Waals surface area contributed by atoms with E-state index in [0.717, 1.165) is 6.26 Å². The summed E-state index contributed by atoms with van der Waals surface area (Å²) in [4.78, 5) is 21.5. The van der Waals surface area contributed by atoms with Crippen LogP contribution in [0.3, 0.4) is 0 Å². The van der Waals surface area contributed by atoms with Crippen LogP contribution in [0, 0.1) is 22.6 Å². The molecule has 0 N–H and O–H groups in total. The first-order chi connectivity index (χ1) is 15.1. The summed E-state index contributed by atoms with van der Waals surface area (Å²) >= 11 is 0. The molecule has 1 aromatic heterocycles. The summed E-state index contributed by atoms with van der Waals surface area (Å²) in [5.41, 5.74) is 1.17. The van der Waals surface area contributed by atoms with Gasteiger partial charge in [0.25, 0.3) is 5.91 Å².